The summed E-state index contributed by atoms with van der Waals surface area (Å²) in [6.07, 6.45) is 0. The topological polar surface area (TPSA) is 47.3 Å². The van der Waals surface area contributed by atoms with Gasteiger partial charge < -0.3 is 15.8 Å². The third-order valence-electron chi connectivity index (χ3n) is 2.25. The van der Waals surface area contributed by atoms with E-state index >= 15 is 0 Å². The van der Waals surface area contributed by atoms with Crippen molar-refractivity contribution in [1.82, 2.24) is 0 Å². The zero-order chi connectivity index (χ0) is 9.10. The van der Waals surface area contributed by atoms with Gasteiger partial charge in [0.2, 0.25) is 0 Å². The summed E-state index contributed by atoms with van der Waals surface area (Å²) in [5, 5.41) is 3.34. The Morgan fingerprint density at radius 3 is 2.62 bits per heavy atom. The second-order valence-corrected chi connectivity index (χ2v) is 3.32. The van der Waals surface area contributed by atoms with E-state index in [-0.39, 0.29) is 12.1 Å². The quantitative estimate of drug-likeness (QED) is 0.705. The molecule has 70 valence electrons. The Balaban J connectivity index is 1.98. The molecule has 0 spiro atoms. The van der Waals surface area contributed by atoms with E-state index in [0.717, 1.165) is 5.69 Å². The molecule has 0 amide bonds. The summed E-state index contributed by atoms with van der Waals surface area (Å²) in [5.41, 5.74) is 6.94. The lowest BCUT2D eigenvalue weighted by molar-refractivity contribution is 0.192. The Bertz CT molecular complexity index is 263. The van der Waals surface area contributed by atoms with Crippen molar-refractivity contribution in [3.63, 3.8) is 0 Å². The minimum atomic E-state index is 0.111. The van der Waals surface area contributed by atoms with E-state index in [9.17, 15) is 0 Å². The van der Waals surface area contributed by atoms with Gasteiger partial charge in [0, 0.05) is 5.69 Å². The Labute approximate surface area is 77.9 Å². The second-order valence-electron chi connectivity index (χ2n) is 3.32. The summed E-state index contributed by atoms with van der Waals surface area (Å²) in [6, 6.07) is 10.4. The van der Waals surface area contributed by atoms with Crippen molar-refractivity contribution in [2.75, 3.05) is 18.5 Å². The number of rotatable bonds is 2. The van der Waals surface area contributed by atoms with Crippen molar-refractivity contribution < 1.29 is 4.74 Å². The monoisotopic (exact) mass is 178 g/mol. The molecule has 3 heteroatoms. The lowest BCUT2D eigenvalue weighted by Gasteiger charge is -2.16. The Morgan fingerprint density at radius 2 is 2.00 bits per heavy atom. The number of nitrogens with one attached hydrogen (secondary N) is 1. The van der Waals surface area contributed by atoms with Gasteiger partial charge in [-0.1, -0.05) is 18.2 Å². The molecule has 2 rings (SSSR count). The third-order valence-corrected chi connectivity index (χ3v) is 2.25. The largest absolute Gasteiger partial charge is 0.378 e. The van der Waals surface area contributed by atoms with Gasteiger partial charge in [0.05, 0.1) is 25.3 Å². The first-order valence-electron chi connectivity index (χ1n) is 4.51. The van der Waals surface area contributed by atoms with Gasteiger partial charge in [0.15, 0.2) is 0 Å². The molecular weight excluding hydrogens is 164 g/mol. The molecule has 3 nitrogen and oxygen atoms in total. The summed E-state index contributed by atoms with van der Waals surface area (Å²) in [6.45, 7) is 1.36. The predicted molar refractivity (Wildman–Crippen MR) is 52.6 cm³/mol. The van der Waals surface area contributed by atoms with Crippen LogP contribution in [0.4, 0.5) is 5.69 Å². The molecule has 1 heterocycles. The van der Waals surface area contributed by atoms with E-state index in [4.69, 9.17) is 10.5 Å². The summed E-state index contributed by atoms with van der Waals surface area (Å²) in [7, 11) is 0. The SMILES string of the molecule is N[C@H]1COC[C@H]1Nc1ccccc1. The van der Waals surface area contributed by atoms with Gasteiger partial charge in [-0.05, 0) is 12.1 Å². The van der Waals surface area contributed by atoms with Crippen LogP contribution in [-0.4, -0.2) is 25.3 Å². The van der Waals surface area contributed by atoms with E-state index in [1.165, 1.54) is 0 Å². The van der Waals surface area contributed by atoms with Crippen LogP contribution in [-0.2, 0) is 4.74 Å². The lowest BCUT2D eigenvalue weighted by Crippen LogP contribution is -2.38. The number of nitrogens with two attached hydrogens (primary N) is 1. The van der Waals surface area contributed by atoms with E-state index in [2.05, 4.69) is 5.32 Å². The van der Waals surface area contributed by atoms with Gasteiger partial charge in [-0.25, -0.2) is 0 Å². The highest BCUT2D eigenvalue weighted by Gasteiger charge is 2.24. The predicted octanol–water partition coefficient (Wildman–Crippen LogP) is 0.825. The molecule has 3 N–H and O–H groups in total. The fourth-order valence-electron chi connectivity index (χ4n) is 1.47. The van der Waals surface area contributed by atoms with Gasteiger partial charge >= 0.3 is 0 Å². The number of anilines is 1. The van der Waals surface area contributed by atoms with Crippen LogP contribution in [0.5, 0.6) is 0 Å². The Kier molecular flexibility index (Phi) is 2.47. The van der Waals surface area contributed by atoms with Crippen molar-refractivity contribution in [3.05, 3.63) is 30.3 Å². The van der Waals surface area contributed by atoms with E-state index < -0.39 is 0 Å². The highest BCUT2D eigenvalue weighted by Crippen LogP contribution is 2.12. The summed E-state index contributed by atoms with van der Waals surface area (Å²) in [4.78, 5) is 0. The molecule has 0 radical (unpaired) electrons. The maximum Gasteiger partial charge on any atom is 0.0684 e. The molecule has 1 aliphatic rings. The van der Waals surface area contributed by atoms with Crippen LogP contribution in [0, 0.1) is 0 Å². The molecule has 0 saturated carbocycles. The number of hydrogen-bond donors (Lipinski definition) is 2. The average molecular weight is 178 g/mol. The second kappa shape index (κ2) is 3.77. The van der Waals surface area contributed by atoms with Gasteiger partial charge in [0.25, 0.3) is 0 Å². The van der Waals surface area contributed by atoms with E-state index in [1.54, 1.807) is 0 Å². The summed E-state index contributed by atoms with van der Waals surface area (Å²) >= 11 is 0. The highest BCUT2D eigenvalue weighted by molar-refractivity contribution is 5.44. The van der Waals surface area contributed by atoms with Crippen LogP contribution in [0.15, 0.2) is 30.3 Å². The Morgan fingerprint density at radius 1 is 1.23 bits per heavy atom. The van der Waals surface area contributed by atoms with Gasteiger partial charge in [-0.2, -0.15) is 0 Å². The first kappa shape index (κ1) is 8.53. The van der Waals surface area contributed by atoms with Crippen molar-refractivity contribution in [2.24, 2.45) is 5.73 Å². The number of ether oxygens (including phenoxy) is 1. The zero-order valence-corrected chi connectivity index (χ0v) is 7.44. The standard InChI is InChI=1S/C10H14N2O/c11-9-6-13-7-10(9)12-8-4-2-1-3-5-8/h1-5,9-10,12H,6-7,11H2/t9-,10+/m0/s1. The first-order chi connectivity index (χ1) is 6.36. The van der Waals surface area contributed by atoms with Crippen molar-refractivity contribution in [1.29, 1.82) is 0 Å². The number of para-hydroxylation sites is 1. The van der Waals surface area contributed by atoms with Gasteiger partial charge in [-0.3, -0.25) is 0 Å². The maximum atomic E-state index is 5.84. The van der Waals surface area contributed by atoms with Crippen LogP contribution in [0.2, 0.25) is 0 Å². The first-order valence-corrected chi connectivity index (χ1v) is 4.51. The van der Waals surface area contributed by atoms with E-state index in [1.807, 2.05) is 30.3 Å². The van der Waals surface area contributed by atoms with Crippen molar-refractivity contribution in [2.45, 2.75) is 12.1 Å². The fraction of sp³-hybridized carbons (Fsp3) is 0.400. The number of hydrogen-bond acceptors (Lipinski definition) is 3. The molecule has 13 heavy (non-hydrogen) atoms. The maximum absolute atomic E-state index is 5.84. The van der Waals surface area contributed by atoms with Crippen LogP contribution in [0.1, 0.15) is 0 Å². The van der Waals surface area contributed by atoms with Crippen molar-refractivity contribution >= 4 is 5.69 Å². The molecule has 0 bridgehead atoms. The lowest BCUT2D eigenvalue weighted by atomic mass is 10.2. The van der Waals surface area contributed by atoms with Crippen LogP contribution in [0.25, 0.3) is 0 Å². The molecule has 1 saturated heterocycles. The Hall–Kier alpha value is -1.06. The molecule has 1 aliphatic heterocycles. The average Bonchev–Trinajstić information content (AvgIpc) is 2.54. The van der Waals surface area contributed by atoms with Gasteiger partial charge in [-0.15, -0.1) is 0 Å². The minimum Gasteiger partial charge on any atom is -0.378 e. The smallest absolute Gasteiger partial charge is 0.0684 e. The van der Waals surface area contributed by atoms with Crippen LogP contribution >= 0.6 is 0 Å². The highest BCUT2D eigenvalue weighted by atomic mass is 16.5. The summed E-state index contributed by atoms with van der Waals surface area (Å²) in [5.74, 6) is 0. The zero-order valence-electron chi connectivity index (χ0n) is 7.44. The molecule has 1 aromatic rings. The fourth-order valence-corrected chi connectivity index (χ4v) is 1.47. The molecule has 1 aromatic carbocycles. The van der Waals surface area contributed by atoms with E-state index in [0.29, 0.717) is 13.2 Å². The van der Waals surface area contributed by atoms with Crippen LogP contribution in [0.3, 0.4) is 0 Å². The molecule has 1 fully saturated rings. The van der Waals surface area contributed by atoms with Gasteiger partial charge in [0.1, 0.15) is 0 Å². The molecule has 2 atom stereocenters. The molecular formula is C10H14N2O. The molecule has 0 aliphatic carbocycles. The number of benzene rings is 1. The van der Waals surface area contributed by atoms with Crippen LogP contribution < -0.4 is 11.1 Å². The molecule has 0 aromatic heterocycles. The molecule has 0 unspecified atom stereocenters. The normalized spacial score (nSPS) is 27.5. The van der Waals surface area contributed by atoms with Crippen molar-refractivity contribution in [3.8, 4) is 0 Å². The third kappa shape index (κ3) is 1.99. The summed E-state index contributed by atoms with van der Waals surface area (Å²) < 4.78 is 5.25. The minimum absolute atomic E-state index is 0.111.